The van der Waals surface area contributed by atoms with E-state index in [0.717, 1.165) is 21.2 Å². The normalized spacial score (nSPS) is 12.6. The summed E-state index contributed by atoms with van der Waals surface area (Å²) in [5.41, 5.74) is 2.60. The first-order valence-corrected chi connectivity index (χ1v) is 6.71. The van der Waals surface area contributed by atoms with Gasteiger partial charge in [0.25, 0.3) is 0 Å². The molecule has 0 saturated heterocycles. The predicted molar refractivity (Wildman–Crippen MR) is 77.2 cm³/mol. The van der Waals surface area contributed by atoms with Crippen molar-refractivity contribution >= 4 is 44.3 Å². The third kappa shape index (κ3) is 3.31. The Bertz CT molecular complexity index is 538. The van der Waals surface area contributed by atoms with Crippen LogP contribution >= 0.6 is 27.5 Å². The summed E-state index contributed by atoms with van der Waals surface area (Å²) in [6, 6.07) is 3.82. The van der Waals surface area contributed by atoms with Crippen LogP contribution in [0.1, 0.15) is 0 Å². The van der Waals surface area contributed by atoms with Crippen LogP contribution in [0.2, 0.25) is 0 Å². The lowest BCUT2D eigenvalue weighted by molar-refractivity contribution is 0.200. The highest BCUT2D eigenvalue weighted by Gasteiger charge is 2.07. The van der Waals surface area contributed by atoms with Gasteiger partial charge >= 0.3 is 0 Å². The number of nitrogens with zero attached hydrogens (tertiary/aromatic N) is 2. The standard InChI is InChI=1S/C12H13BrClN3O/c1-18-7-9(14)6-16-10-2-3-15-11-4-8(13)5-17-12(10)11/h2-5,9H,6-7H2,1H3,(H,15,16). The number of ether oxygens (including phenoxy) is 1. The molecule has 0 aliphatic rings. The number of halogens is 2. The molecule has 0 spiro atoms. The Hall–Kier alpha value is -0.910. The molecule has 0 radical (unpaired) electrons. The Morgan fingerprint density at radius 1 is 1.50 bits per heavy atom. The first-order valence-electron chi connectivity index (χ1n) is 5.48. The monoisotopic (exact) mass is 329 g/mol. The summed E-state index contributed by atoms with van der Waals surface area (Å²) in [7, 11) is 1.64. The highest BCUT2D eigenvalue weighted by molar-refractivity contribution is 9.10. The summed E-state index contributed by atoms with van der Waals surface area (Å²) < 4.78 is 5.90. The number of nitrogens with one attached hydrogen (secondary N) is 1. The zero-order chi connectivity index (χ0) is 13.0. The summed E-state index contributed by atoms with van der Waals surface area (Å²) >= 11 is 9.46. The Labute approximate surface area is 119 Å². The van der Waals surface area contributed by atoms with E-state index in [0.29, 0.717) is 13.2 Å². The molecule has 1 N–H and O–H groups in total. The Balaban J connectivity index is 2.18. The predicted octanol–water partition coefficient (Wildman–Crippen LogP) is 3.06. The van der Waals surface area contributed by atoms with Gasteiger partial charge in [0.1, 0.15) is 5.52 Å². The van der Waals surface area contributed by atoms with Crippen LogP contribution < -0.4 is 5.32 Å². The van der Waals surface area contributed by atoms with Crippen LogP contribution in [0, 0.1) is 0 Å². The Kier molecular flexibility index (Phi) is 4.74. The third-order valence-corrected chi connectivity index (χ3v) is 3.12. The van der Waals surface area contributed by atoms with E-state index >= 15 is 0 Å². The molecule has 0 saturated carbocycles. The molecular weight excluding hydrogens is 318 g/mol. The van der Waals surface area contributed by atoms with Gasteiger partial charge in [-0.1, -0.05) is 0 Å². The molecule has 2 rings (SSSR count). The zero-order valence-corrected chi connectivity index (χ0v) is 12.2. The van der Waals surface area contributed by atoms with Crippen molar-refractivity contribution in [1.29, 1.82) is 0 Å². The first-order chi connectivity index (χ1) is 8.70. The summed E-state index contributed by atoms with van der Waals surface area (Å²) in [6.45, 7) is 1.13. The molecule has 0 amide bonds. The van der Waals surface area contributed by atoms with E-state index in [-0.39, 0.29) is 5.38 Å². The largest absolute Gasteiger partial charge is 0.383 e. The molecule has 2 aromatic heterocycles. The minimum atomic E-state index is -0.0753. The minimum absolute atomic E-state index is 0.0753. The highest BCUT2D eigenvalue weighted by atomic mass is 79.9. The Morgan fingerprint density at radius 3 is 3.11 bits per heavy atom. The number of rotatable bonds is 5. The van der Waals surface area contributed by atoms with Gasteiger partial charge in [0, 0.05) is 30.5 Å². The average molecular weight is 331 g/mol. The third-order valence-electron chi connectivity index (χ3n) is 2.41. The summed E-state index contributed by atoms with van der Waals surface area (Å²) in [4.78, 5) is 8.63. The van der Waals surface area contributed by atoms with E-state index in [4.69, 9.17) is 16.3 Å². The molecule has 0 aromatic carbocycles. The van der Waals surface area contributed by atoms with Crippen LogP contribution in [0.15, 0.2) is 29.0 Å². The van der Waals surface area contributed by atoms with Gasteiger partial charge < -0.3 is 10.1 Å². The summed E-state index contributed by atoms with van der Waals surface area (Å²) in [6.07, 6.45) is 3.50. The van der Waals surface area contributed by atoms with Gasteiger partial charge in [0.05, 0.1) is 23.2 Å². The minimum Gasteiger partial charge on any atom is -0.383 e. The second kappa shape index (κ2) is 6.31. The van der Waals surface area contributed by atoms with E-state index in [1.54, 1.807) is 19.5 Å². The van der Waals surface area contributed by atoms with Crippen molar-refractivity contribution < 1.29 is 4.74 Å². The number of pyridine rings is 2. The number of hydrogen-bond acceptors (Lipinski definition) is 4. The molecule has 0 bridgehead atoms. The van der Waals surface area contributed by atoms with E-state index in [9.17, 15) is 0 Å². The maximum Gasteiger partial charge on any atom is 0.112 e. The quantitative estimate of drug-likeness (QED) is 0.856. The first kappa shape index (κ1) is 13.5. The lowest BCUT2D eigenvalue weighted by atomic mass is 10.2. The van der Waals surface area contributed by atoms with Crippen molar-refractivity contribution in [2.45, 2.75) is 5.38 Å². The molecule has 2 heterocycles. The lowest BCUT2D eigenvalue weighted by Crippen LogP contribution is -2.19. The fourth-order valence-corrected chi connectivity index (χ4v) is 2.13. The molecule has 0 fully saturated rings. The van der Waals surface area contributed by atoms with Crippen LogP contribution in [-0.4, -0.2) is 35.6 Å². The van der Waals surface area contributed by atoms with E-state index < -0.39 is 0 Å². The highest BCUT2D eigenvalue weighted by Crippen LogP contribution is 2.22. The Morgan fingerprint density at radius 2 is 2.33 bits per heavy atom. The van der Waals surface area contributed by atoms with Gasteiger partial charge in [0.15, 0.2) is 0 Å². The molecule has 96 valence electrons. The van der Waals surface area contributed by atoms with Crippen molar-refractivity contribution in [2.24, 2.45) is 0 Å². The van der Waals surface area contributed by atoms with Crippen molar-refractivity contribution in [3.63, 3.8) is 0 Å². The van der Waals surface area contributed by atoms with Crippen molar-refractivity contribution in [2.75, 3.05) is 25.6 Å². The van der Waals surface area contributed by atoms with Gasteiger partial charge in [0.2, 0.25) is 0 Å². The van der Waals surface area contributed by atoms with Crippen molar-refractivity contribution in [3.8, 4) is 0 Å². The summed E-state index contributed by atoms with van der Waals surface area (Å²) in [5, 5.41) is 3.19. The molecule has 1 atom stereocenters. The van der Waals surface area contributed by atoms with Crippen LogP contribution in [0.5, 0.6) is 0 Å². The van der Waals surface area contributed by atoms with Gasteiger partial charge in [-0.25, -0.2) is 0 Å². The number of hydrogen-bond donors (Lipinski definition) is 1. The molecular formula is C12H13BrClN3O. The fourth-order valence-electron chi connectivity index (χ4n) is 1.61. The molecule has 0 aliphatic heterocycles. The maximum atomic E-state index is 6.08. The van der Waals surface area contributed by atoms with Gasteiger partial charge in [-0.15, -0.1) is 11.6 Å². The number of methoxy groups -OCH3 is 1. The van der Waals surface area contributed by atoms with Crippen LogP contribution in [0.4, 0.5) is 5.69 Å². The number of anilines is 1. The molecule has 6 heteroatoms. The molecule has 1 unspecified atom stereocenters. The molecule has 0 aliphatic carbocycles. The van der Waals surface area contributed by atoms with Crippen LogP contribution in [0.3, 0.4) is 0 Å². The number of fused-ring (bicyclic) bond motifs is 1. The zero-order valence-electron chi connectivity index (χ0n) is 9.86. The molecule has 2 aromatic rings. The summed E-state index contributed by atoms with van der Waals surface area (Å²) in [5.74, 6) is 0. The second-order valence-corrected chi connectivity index (χ2v) is 5.35. The SMILES string of the molecule is COCC(Cl)CNc1ccnc2cc(Br)cnc12. The van der Waals surface area contributed by atoms with E-state index in [1.807, 2.05) is 12.1 Å². The van der Waals surface area contributed by atoms with Gasteiger partial charge in [-0.2, -0.15) is 0 Å². The second-order valence-electron chi connectivity index (χ2n) is 3.81. The number of alkyl halides is 1. The van der Waals surface area contributed by atoms with Crippen molar-refractivity contribution in [3.05, 3.63) is 29.0 Å². The van der Waals surface area contributed by atoms with Crippen molar-refractivity contribution in [1.82, 2.24) is 9.97 Å². The lowest BCUT2D eigenvalue weighted by Gasteiger charge is -2.12. The maximum absolute atomic E-state index is 6.08. The van der Waals surface area contributed by atoms with Gasteiger partial charge in [-0.3, -0.25) is 9.97 Å². The van der Waals surface area contributed by atoms with E-state index in [2.05, 4.69) is 31.2 Å². The van der Waals surface area contributed by atoms with Crippen LogP contribution in [0.25, 0.3) is 11.0 Å². The van der Waals surface area contributed by atoms with Crippen LogP contribution in [-0.2, 0) is 4.74 Å². The van der Waals surface area contributed by atoms with E-state index in [1.165, 1.54) is 0 Å². The smallest absolute Gasteiger partial charge is 0.112 e. The topological polar surface area (TPSA) is 47.0 Å². The fraction of sp³-hybridized carbons (Fsp3) is 0.333. The van der Waals surface area contributed by atoms with Gasteiger partial charge in [-0.05, 0) is 28.1 Å². The molecule has 4 nitrogen and oxygen atoms in total. The molecule has 18 heavy (non-hydrogen) atoms. The average Bonchev–Trinajstić information content (AvgIpc) is 2.36. The number of aromatic nitrogens is 2.